The van der Waals surface area contributed by atoms with Crippen molar-refractivity contribution in [2.45, 2.75) is 53.4 Å². The van der Waals surface area contributed by atoms with E-state index in [1.54, 1.807) is 0 Å². The van der Waals surface area contributed by atoms with Crippen molar-refractivity contribution in [3.63, 3.8) is 0 Å². The van der Waals surface area contributed by atoms with Crippen LogP contribution >= 0.6 is 0 Å². The van der Waals surface area contributed by atoms with E-state index >= 15 is 0 Å². The maximum atomic E-state index is 2.32. The van der Waals surface area contributed by atoms with Gasteiger partial charge in [0.1, 0.15) is 0 Å². The van der Waals surface area contributed by atoms with E-state index in [0.717, 1.165) is 0 Å². The zero-order valence-electron chi connectivity index (χ0n) is 11.6. The van der Waals surface area contributed by atoms with Gasteiger partial charge in [0.15, 0.2) is 0 Å². The average molecular weight is 218 g/mol. The molecular weight excluding hydrogens is 192 g/mol. The lowest BCUT2D eigenvalue weighted by Crippen LogP contribution is -2.13. The molecule has 0 heterocycles. The first-order chi connectivity index (χ1) is 7.43. The van der Waals surface area contributed by atoms with Crippen molar-refractivity contribution >= 4 is 0 Å². The predicted octanol–water partition coefficient (Wildman–Crippen LogP) is 5.21. The van der Waals surface area contributed by atoms with Crippen LogP contribution in [0.5, 0.6) is 0 Å². The van der Waals surface area contributed by atoms with Gasteiger partial charge in [0.05, 0.1) is 0 Å². The second-order valence-corrected chi connectivity index (χ2v) is 5.84. The van der Waals surface area contributed by atoms with Gasteiger partial charge in [0.25, 0.3) is 0 Å². The molecule has 0 spiro atoms. The van der Waals surface area contributed by atoms with Gasteiger partial charge in [-0.3, -0.25) is 0 Å². The summed E-state index contributed by atoms with van der Waals surface area (Å²) in [6.45, 7) is 13.8. The molecule has 0 aliphatic heterocycles. The van der Waals surface area contributed by atoms with Gasteiger partial charge in [-0.25, -0.2) is 0 Å². The topological polar surface area (TPSA) is 0 Å². The van der Waals surface area contributed by atoms with Crippen molar-refractivity contribution in [2.75, 3.05) is 0 Å². The molecule has 0 radical (unpaired) electrons. The molecule has 1 rings (SSSR count). The van der Waals surface area contributed by atoms with Crippen LogP contribution in [-0.2, 0) is 0 Å². The summed E-state index contributed by atoms with van der Waals surface area (Å²) in [5, 5.41) is 0. The Hall–Kier alpha value is -0.780. The number of benzene rings is 1. The minimum Gasteiger partial charge on any atom is -0.0622 e. The van der Waals surface area contributed by atoms with Crippen LogP contribution in [0.25, 0.3) is 0 Å². The molecule has 0 bridgehead atoms. The summed E-state index contributed by atoms with van der Waals surface area (Å²) in [5.41, 5.74) is 2.93. The Kier molecular flexibility index (Phi) is 4.58. The van der Waals surface area contributed by atoms with Crippen LogP contribution in [-0.4, -0.2) is 0 Å². The van der Waals surface area contributed by atoms with E-state index in [2.05, 4.69) is 65.8 Å². The smallest absolute Gasteiger partial charge is 0.0116 e. The molecule has 0 N–H and O–H groups in total. The first-order valence-electron chi connectivity index (χ1n) is 6.53. The summed E-state index contributed by atoms with van der Waals surface area (Å²) in [6, 6.07) is 9.22. The van der Waals surface area contributed by atoms with Crippen LogP contribution in [0.1, 0.15) is 64.5 Å². The summed E-state index contributed by atoms with van der Waals surface area (Å²) in [7, 11) is 0. The van der Waals surface area contributed by atoms with Crippen molar-refractivity contribution in [2.24, 2.45) is 11.8 Å². The van der Waals surface area contributed by atoms with Crippen molar-refractivity contribution in [1.29, 1.82) is 0 Å². The Bertz CT molecular complexity index is 295. The van der Waals surface area contributed by atoms with Gasteiger partial charge in [-0.05, 0) is 34.8 Å². The molecule has 0 heteroatoms. The predicted molar refractivity (Wildman–Crippen MR) is 72.9 cm³/mol. The highest BCUT2D eigenvalue weighted by atomic mass is 14.2. The Morgan fingerprint density at radius 1 is 0.625 bits per heavy atom. The molecular formula is C16H26. The maximum Gasteiger partial charge on any atom is -0.0116 e. The molecule has 1 aromatic rings. The zero-order valence-corrected chi connectivity index (χ0v) is 11.6. The number of hydrogen-bond donors (Lipinski definition) is 0. The SMILES string of the molecule is CC(C)c1ccc(C(C(C)C)C(C)C)cc1. The molecule has 0 nitrogen and oxygen atoms in total. The third kappa shape index (κ3) is 3.10. The van der Waals surface area contributed by atoms with Gasteiger partial charge in [-0.2, -0.15) is 0 Å². The van der Waals surface area contributed by atoms with Gasteiger partial charge in [-0.1, -0.05) is 65.8 Å². The van der Waals surface area contributed by atoms with Crippen LogP contribution in [0.3, 0.4) is 0 Å². The highest BCUT2D eigenvalue weighted by Gasteiger charge is 2.19. The lowest BCUT2D eigenvalue weighted by molar-refractivity contribution is 0.388. The van der Waals surface area contributed by atoms with Crippen LogP contribution in [0.15, 0.2) is 24.3 Å². The summed E-state index contributed by atoms with van der Waals surface area (Å²) >= 11 is 0. The van der Waals surface area contributed by atoms with Crippen LogP contribution < -0.4 is 0 Å². The van der Waals surface area contributed by atoms with Crippen LogP contribution in [0.2, 0.25) is 0 Å². The molecule has 1 aromatic carbocycles. The van der Waals surface area contributed by atoms with Gasteiger partial charge < -0.3 is 0 Å². The second-order valence-electron chi connectivity index (χ2n) is 5.84. The van der Waals surface area contributed by atoms with Crippen molar-refractivity contribution in [3.8, 4) is 0 Å². The fraction of sp³-hybridized carbons (Fsp3) is 0.625. The quantitative estimate of drug-likeness (QED) is 0.651. The molecule has 16 heavy (non-hydrogen) atoms. The molecule has 0 aliphatic rings. The molecule has 0 aliphatic carbocycles. The van der Waals surface area contributed by atoms with Crippen molar-refractivity contribution in [1.82, 2.24) is 0 Å². The largest absolute Gasteiger partial charge is 0.0622 e. The molecule has 0 aromatic heterocycles. The lowest BCUT2D eigenvalue weighted by Gasteiger charge is -2.25. The minimum absolute atomic E-state index is 0.630. The van der Waals surface area contributed by atoms with E-state index in [1.165, 1.54) is 11.1 Å². The highest BCUT2D eigenvalue weighted by molar-refractivity contribution is 5.27. The Labute approximate surface area is 101 Å². The van der Waals surface area contributed by atoms with Crippen LogP contribution in [0, 0.1) is 11.8 Å². The third-order valence-corrected chi connectivity index (χ3v) is 3.42. The maximum absolute atomic E-state index is 2.32. The highest BCUT2D eigenvalue weighted by Crippen LogP contribution is 2.32. The number of hydrogen-bond acceptors (Lipinski definition) is 0. The van der Waals surface area contributed by atoms with Gasteiger partial charge in [-0.15, -0.1) is 0 Å². The van der Waals surface area contributed by atoms with Gasteiger partial charge in [0, 0.05) is 0 Å². The monoisotopic (exact) mass is 218 g/mol. The standard InChI is InChI=1S/C16H26/c1-11(2)14-7-9-15(10-8-14)16(12(3)4)13(5)6/h7-13,16H,1-6H3. The molecule has 0 fully saturated rings. The lowest BCUT2D eigenvalue weighted by atomic mass is 9.80. The van der Waals surface area contributed by atoms with E-state index in [1.807, 2.05) is 0 Å². The Morgan fingerprint density at radius 2 is 1.00 bits per heavy atom. The fourth-order valence-electron chi connectivity index (χ4n) is 2.64. The van der Waals surface area contributed by atoms with E-state index < -0.39 is 0 Å². The summed E-state index contributed by atoms with van der Waals surface area (Å²) in [4.78, 5) is 0. The van der Waals surface area contributed by atoms with Crippen molar-refractivity contribution in [3.05, 3.63) is 35.4 Å². The normalized spacial score (nSPS) is 12.1. The molecule has 0 unspecified atom stereocenters. The third-order valence-electron chi connectivity index (χ3n) is 3.42. The van der Waals surface area contributed by atoms with Crippen LogP contribution in [0.4, 0.5) is 0 Å². The van der Waals surface area contributed by atoms with Gasteiger partial charge in [0.2, 0.25) is 0 Å². The summed E-state index contributed by atoms with van der Waals surface area (Å²) < 4.78 is 0. The molecule has 90 valence electrons. The second kappa shape index (κ2) is 5.52. The molecule has 0 amide bonds. The average Bonchev–Trinajstić information content (AvgIpc) is 2.17. The fourth-order valence-corrected chi connectivity index (χ4v) is 2.64. The van der Waals surface area contributed by atoms with E-state index in [9.17, 15) is 0 Å². The van der Waals surface area contributed by atoms with Gasteiger partial charge >= 0.3 is 0 Å². The first-order valence-corrected chi connectivity index (χ1v) is 6.53. The van der Waals surface area contributed by atoms with Crippen molar-refractivity contribution < 1.29 is 0 Å². The summed E-state index contributed by atoms with van der Waals surface area (Å²) in [5.74, 6) is 2.74. The first kappa shape index (κ1) is 13.3. The zero-order chi connectivity index (χ0) is 12.3. The molecule has 0 saturated heterocycles. The van der Waals surface area contributed by atoms with E-state index in [0.29, 0.717) is 23.7 Å². The number of rotatable bonds is 4. The molecule has 0 atom stereocenters. The van der Waals surface area contributed by atoms with E-state index in [-0.39, 0.29) is 0 Å². The van der Waals surface area contributed by atoms with E-state index in [4.69, 9.17) is 0 Å². The minimum atomic E-state index is 0.630. The Balaban J connectivity index is 2.94. The Morgan fingerprint density at radius 3 is 1.31 bits per heavy atom. The summed E-state index contributed by atoms with van der Waals surface area (Å²) in [6.07, 6.45) is 0. The molecule has 0 saturated carbocycles.